The fraction of sp³-hybridized carbons (Fsp3) is 0.533. The van der Waals surface area contributed by atoms with Crippen LogP contribution >= 0.6 is 0 Å². The molecule has 6 nitrogen and oxygen atoms in total. The standard InChI is InChI=1S/C15H23N3O3/c16-15(18-19)12-3-5-14(6-4-12)21-11-9-17-8-7-13-2-1-10-20-13/h3-6,13,17,19H,1-2,7-11H2,(H2,16,18). The summed E-state index contributed by atoms with van der Waals surface area (Å²) in [6.45, 7) is 3.27. The van der Waals surface area contributed by atoms with E-state index in [0.717, 1.165) is 31.9 Å². The molecule has 1 unspecified atom stereocenters. The second-order valence-electron chi connectivity index (χ2n) is 5.03. The number of oxime groups is 1. The topological polar surface area (TPSA) is 89.1 Å². The number of hydrogen-bond donors (Lipinski definition) is 3. The van der Waals surface area contributed by atoms with Crippen molar-refractivity contribution in [3.05, 3.63) is 29.8 Å². The fourth-order valence-corrected chi connectivity index (χ4v) is 2.28. The van der Waals surface area contributed by atoms with Gasteiger partial charge in [0.05, 0.1) is 6.10 Å². The number of amidine groups is 1. The summed E-state index contributed by atoms with van der Waals surface area (Å²) in [5.74, 6) is 0.864. The molecule has 6 heteroatoms. The van der Waals surface area contributed by atoms with Crippen molar-refractivity contribution in [2.45, 2.75) is 25.4 Å². The zero-order valence-corrected chi connectivity index (χ0v) is 12.1. The Morgan fingerprint density at radius 2 is 2.19 bits per heavy atom. The molecule has 1 saturated heterocycles. The van der Waals surface area contributed by atoms with Crippen LogP contribution in [0, 0.1) is 0 Å². The highest BCUT2D eigenvalue weighted by Gasteiger charge is 2.14. The molecule has 0 bridgehead atoms. The Labute approximate surface area is 124 Å². The molecule has 1 heterocycles. The molecule has 1 aliphatic heterocycles. The molecule has 0 aromatic heterocycles. The van der Waals surface area contributed by atoms with E-state index in [1.165, 1.54) is 12.8 Å². The average molecular weight is 293 g/mol. The second kappa shape index (κ2) is 8.49. The molecule has 1 aromatic carbocycles. The van der Waals surface area contributed by atoms with Crippen LogP contribution in [-0.2, 0) is 4.74 Å². The van der Waals surface area contributed by atoms with Crippen molar-refractivity contribution in [2.75, 3.05) is 26.3 Å². The number of hydrogen-bond acceptors (Lipinski definition) is 5. The second-order valence-corrected chi connectivity index (χ2v) is 5.03. The van der Waals surface area contributed by atoms with E-state index < -0.39 is 0 Å². The van der Waals surface area contributed by atoms with Crippen molar-refractivity contribution in [2.24, 2.45) is 10.9 Å². The summed E-state index contributed by atoms with van der Waals surface area (Å²) in [6, 6.07) is 7.13. The Morgan fingerprint density at radius 1 is 1.38 bits per heavy atom. The highest BCUT2D eigenvalue weighted by molar-refractivity contribution is 5.97. The molecule has 0 radical (unpaired) electrons. The average Bonchev–Trinajstić information content (AvgIpc) is 3.04. The largest absolute Gasteiger partial charge is 0.492 e. The van der Waals surface area contributed by atoms with Gasteiger partial charge in [-0.3, -0.25) is 0 Å². The highest BCUT2D eigenvalue weighted by Crippen LogP contribution is 2.14. The first-order chi connectivity index (χ1) is 10.3. The van der Waals surface area contributed by atoms with E-state index in [9.17, 15) is 0 Å². The maximum atomic E-state index is 8.57. The molecule has 4 N–H and O–H groups in total. The SMILES string of the molecule is NC(=NO)c1ccc(OCCNCCC2CCCO2)cc1. The lowest BCUT2D eigenvalue weighted by atomic mass is 10.2. The summed E-state index contributed by atoms with van der Waals surface area (Å²) in [7, 11) is 0. The summed E-state index contributed by atoms with van der Waals surface area (Å²) in [6.07, 6.45) is 3.87. The molecule has 0 amide bonds. The Hall–Kier alpha value is -1.79. The van der Waals surface area contributed by atoms with Gasteiger partial charge in [0.25, 0.3) is 0 Å². The predicted octanol–water partition coefficient (Wildman–Crippen LogP) is 1.32. The first kappa shape index (κ1) is 15.6. The minimum absolute atomic E-state index is 0.0948. The molecule has 116 valence electrons. The van der Waals surface area contributed by atoms with Gasteiger partial charge >= 0.3 is 0 Å². The van der Waals surface area contributed by atoms with Crippen LogP contribution in [0.15, 0.2) is 29.4 Å². The van der Waals surface area contributed by atoms with Crippen LogP contribution in [0.2, 0.25) is 0 Å². The van der Waals surface area contributed by atoms with Gasteiger partial charge in [0.2, 0.25) is 0 Å². The van der Waals surface area contributed by atoms with Gasteiger partial charge in [0.15, 0.2) is 5.84 Å². The van der Waals surface area contributed by atoms with Crippen molar-refractivity contribution in [3.63, 3.8) is 0 Å². The Bertz CT molecular complexity index is 442. The molecule has 21 heavy (non-hydrogen) atoms. The highest BCUT2D eigenvalue weighted by atomic mass is 16.5. The maximum Gasteiger partial charge on any atom is 0.170 e. The molecule has 0 aliphatic carbocycles. The molecule has 1 aromatic rings. The lowest BCUT2D eigenvalue weighted by molar-refractivity contribution is 0.104. The van der Waals surface area contributed by atoms with Crippen LogP contribution in [0.25, 0.3) is 0 Å². The van der Waals surface area contributed by atoms with Crippen LogP contribution in [0.4, 0.5) is 0 Å². The Morgan fingerprint density at radius 3 is 2.86 bits per heavy atom. The van der Waals surface area contributed by atoms with Crippen molar-refractivity contribution < 1.29 is 14.7 Å². The van der Waals surface area contributed by atoms with Crippen LogP contribution in [0.5, 0.6) is 5.75 Å². The summed E-state index contributed by atoms with van der Waals surface area (Å²) in [5.41, 5.74) is 6.16. The molecule has 0 spiro atoms. The minimum Gasteiger partial charge on any atom is -0.492 e. The lowest BCUT2D eigenvalue weighted by Gasteiger charge is -2.11. The minimum atomic E-state index is 0.0948. The van der Waals surface area contributed by atoms with Crippen molar-refractivity contribution in [1.29, 1.82) is 0 Å². The Balaban J connectivity index is 1.58. The van der Waals surface area contributed by atoms with E-state index in [2.05, 4.69) is 10.5 Å². The van der Waals surface area contributed by atoms with Crippen molar-refractivity contribution >= 4 is 5.84 Å². The summed E-state index contributed by atoms with van der Waals surface area (Å²) < 4.78 is 11.2. The van der Waals surface area contributed by atoms with E-state index in [1.54, 1.807) is 24.3 Å². The van der Waals surface area contributed by atoms with E-state index in [0.29, 0.717) is 18.3 Å². The van der Waals surface area contributed by atoms with Crippen LogP contribution < -0.4 is 15.8 Å². The molecular formula is C15H23N3O3. The third-order valence-electron chi connectivity index (χ3n) is 3.47. The van der Waals surface area contributed by atoms with E-state index in [4.69, 9.17) is 20.4 Å². The third kappa shape index (κ3) is 5.24. The van der Waals surface area contributed by atoms with Crippen molar-refractivity contribution in [3.8, 4) is 5.75 Å². The number of nitrogens with zero attached hydrogens (tertiary/aromatic N) is 1. The van der Waals surface area contributed by atoms with Gasteiger partial charge in [0, 0.05) is 18.7 Å². The van der Waals surface area contributed by atoms with Gasteiger partial charge in [-0.15, -0.1) is 0 Å². The zero-order valence-electron chi connectivity index (χ0n) is 12.1. The predicted molar refractivity (Wildman–Crippen MR) is 80.9 cm³/mol. The molecule has 0 saturated carbocycles. The van der Waals surface area contributed by atoms with Crippen molar-refractivity contribution in [1.82, 2.24) is 5.32 Å². The fourth-order valence-electron chi connectivity index (χ4n) is 2.28. The first-order valence-electron chi connectivity index (χ1n) is 7.32. The van der Waals surface area contributed by atoms with E-state index in [1.807, 2.05) is 0 Å². The molecule has 1 atom stereocenters. The van der Waals surface area contributed by atoms with Gasteiger partial charge in [-0.2, -0.15) is 0 Å². The Kier molecular flexibility index (Phi) is 6.30. The van der Waals surface area contributed by atoms with Gasteiger partial charge in [-0.25, -0.2) is 0 Å². The molecule has 1 fully saturated rings. The van der Waals surface area contributed by atoms with Gasteiger partial charge < -0.3 is 25.7 Å². The molecular weight excluding hydrogens is 270 g/mol. The number of ether oxygens (including phenoxy) is 2. The molecule has 2 rings (SSSR count). The third-order valence-corrected chi connectivity index (χ3v) is 3.47. The molecule has 1 aliphatic rings. The number of nitrogens with one attached hydrogen (secondary N) is 1. The van der Waals surface area contributed by atoms with Crippen LogP contribution in [-0.4, -0.2) is 43.5 Å². The number of rotatable bonds is 8. The van der Waals surface area contributed by atoms with Gasteiger partial charge in [-0.1, -0.05) is 5.16 Å². The smallest absolute Gasteiger partial charge is 0.170 e. The monoisotopic (exact) mass is 293 g/mol. The van der Waals surface area contributed by atoms with Gasteiger partial charge in [0.1, 0.15) is 12.4 Å². The normalized spacial score (nSPS) is 18.9. The maximum absolute atomic E-state index is 8.57. The zero-order chi connectivity index (χ0) is 14.9. The number of nitrogens with two attached hydrogens (primary N) is 1. The summed E-state index contributed by atoms with van der Waals surface area (Å²) in [4.78, 5) is 0. The lowest BCUT2D eigenvalue weighted by Crippen LogP contribution is -2.24. The first-order valence-corrected chi connectivity index (χ1v) is 7.32. The van der Waals surface area contributed by atoms with Gasteiger partial charge in [-0.05, 0) is 50.1 Å². The van der Waals surface area contributed by atoms with E-state index >= 15 is 0 Å². The van der Waals surface area contributed by atoms with Crippen LogP contribution in [0.1, 0.15) is 24.8 Å². The summed E-state index contributed by atoms with van der Waals surface area (Å²) >= 11 is 0. The van der Waals surface area contributed by atoms with E-state index in [-0.39, 0.29) is 5.84 Å². The summed E-state index contributed by atoms with van der Waals surface area (Å²) in [5, 5.41) is 14.9. The van der Waals surface area contributed by atoms with Crippen LogP contribution in [0.3, 0.4) is 0 Å². The quantitative estimate of drug-likeness (QED) is 0.221. The number of benzene rings is 1.